The molecule has 0 unspecified atom stereocenters. The van der Waals surface area contributed by atoms with E-state index in [4.69, 9.17) is 0 Å². The van der Waals surface area contributed by atoms with E-state index in [1.54, 1.807) is 39.8 Å². The summed E-state index contributed by atoms with van der Waals surface area (Å²) >= 11 is 0. The summed E-state index contributed by atoms with van der Waals surface area (Å²) in [6.07, 6.45) is 1.19. The number of carbonyl (C=O) groups excluding carboxylic acids is 8. The Kier molecular flexibility index (Phi) is 17.5. The van der Waals surface area contributed by atoms with Gasteiger partial charge in [0.05, 0.1) is 6.54 Å². The van der Waals surface area contributed by atoms with Crippen LogP contribution in [0.15, 0.2) is 24.3 Å². The molecule has 322 valence electrons. The van der Waals surface area contributed by atoms with Gasteiger partial charge in [-0.3, -0.25) is 38.4 Å². The van der Waals surface area contributed by atoms with Gasteiger partial charge in [-0.2, -0.15) is 0 Å². The van der Waals surface area contributed by atoms with E-state index < -0.39 is 108 Å². The van der Waals surface area contributed by atoms with Gasteiger partial charge in [-0.05, 0) is 74.0 Å². The van der Waals surface area contributed by atoms with Gasteiger partial charge >= 0.3 is 0 Å². The number of nitrogens with zero attached hydrogens (tertiary/aromatic N) is 1. The first kappa shape index (κ1) is 47.2. The minimum absolute atomic E-state index is 0.00271. The van der Waals surface area contributed by atoms with Crippen LogP contribution in [0.3, 0.4) is 0 Å². The van der Waals surface area contributed by atoms with Gasteiger partial charge in [-0.1, -0.05) is 67.5 Å². The molecule has 17 nitrogen and oxygen atoms in total. The maximum Gasteiger partial charge on any atom is 0.246 e. The standard InChI is InChI=1S/C41H64N8O9/c1-21(2)17-28-36(53)43-25(9)35(52)45-29(18-22(3)4)37(54)48-34(24(7)8)41(58)49-16-10-11-31(49)39(56)42-20-32(51)44-30(19-26-12-14-27(50)15-13-26)38(55)47-33(23(5)6)40(57)46-28/h12-15,21-25,28-31,33-34,50H,10-11,16-20H2,1-9H3,(H,42,56)(H,43,53)(H,44,51)(H,45,52)(H,46,57)(H,47,55)(H,48,54)/t25-,28-,29-,30-,31+,33-,34+/m1/s1. The Balaban J connectivity index is 2.03. The number of phenols is 1. The highest BCUT2D eigenvalue weighted by atomic mass is 16.3. The van der Waals surface area contributed by atoms with E-state index in [0.717, 1.165) is 0 Å². The Hall–Kier alpha value is -5.22. The fraction of sp³-hybridized carbons (Fsp3) is 0.659. The zero-order chi connectivity index (χ0) is 43.4. The second-order valence-corrected chi connectivity index (χ2v) is 17.0. The normalized spacial score (nSPS) is 26.6. The quantitative estimate of drug-likeness (QED) is 0.181. The van der Waals surface area contributed by atoms with Crippen LogP contribution in [0.1, 0.15) is 93.6 Å². The molecule has 58 heavy (non-hydrogen) atoms. The average Bonchev–Trinajstić information content (AvgIpc) is 3.64. The Morgan fingerprint density at radius 3 is 1.69 bits per heavy atom. The molecule has 0 spiro atoms. The Morgan fingerprint density at radius 1 is 0.621 bits per heavy atom. The van der Waals surface area contributed by atoms with Crippen LogP contribution in [-0.4, -0.2) is 113 Å². The van der Waals surface area contributed by atoms with E-state index in [9.17, 15) is 43.5 Å². The van der Waals surface area contributed by atoms with Gasteiger partial charge in [-0.25, -0.2) is 0 Å². The SMILES string of the molecule is CC(C)C[C@H]1NC(=O)[C@@H](C)NC(=O)[C@@H](CC(C)C)NC(=O)[C@@H](C(C)C)NC(=O)[C@@H](Cc2ccc(O)cc2)NC(=O)CNC(=O)[C@@H]2CCCN2C(=O)[C@H](C(C)C)NC1=O. The topological polar surface area (TPSA) is 244 Å². The summed E-state index contributed by atoms with van der Waals surface area (Å²) in [6.45, 7) is 15.5. The smallest absolute Gasteiger partial charge is 0.246 e. The molecule has 0 bridgehead atoms. The van der Waals surface area contributed by atoms with Crippen molar-refractivity contribution in [2.24, 2.45) is 23.7 Å². The molecule has 3 rings (SSSR count). The number of aromatic hydroxyl groups is 1. The third-order valence-corrected chi connectivity index (χ3v) is 10.2. The molecule has 8 N–H and O–H groups in total. The predicted molar refractivity (Wildman–Crippen MR) is 215 cm³/mol. The number of phenolic OH excluding ortho intramolecular Hbond substituents is 1. The van der Waals surface area contributed by atoms with Crippen LogP contribution in [0.4, 0.5) is 0 Å². The van der Waals surface area contributed by atoms with Crippen LogP contribution in [0.25, 0.3) is 0 Å². The third kappa shape index (κ3) is 13.7. The zero-order valence-electron chi connectivity index (χ0n) is 35.3. The van der Waals surface area contributed by atoms with Gasteiger partial charge in [-0.15, -0.1) is 0 Å². The fourth-order valence-corrected chi connectivity index (χ4v) is 6.99. The van der Waals surface area contributed by atoms with E-state index in [0.29, 0.717) is 18.4 Å². The monoisotopic (exact) mass is 812 g/mol. The summed E-state index contributed by atoms with van der Waals surface area (Å²) in [5.41, 5.74) is 0.579. The maximum absolute atomic E-state index is 14.0. The second-order valence-electron chi connectivity index (χ2n) is 17.0. The minimum atomic E-state index is -1.23. The van der Waals surface area contributed by atoms with Gasteiger partial charge in [0.15, 0.2) is 0 Å². The summed E-state index contributed by atoms with van der Waals surface area (Å²) < 4.78 is 0. The first-order chi connectivity index (χ1) is 27.2. The van der Waals surface area contributed by atoms with E-state index in [2.05, 4.69) is 37.2 Å². The summed E-state index contributed by atoms with van der Waals surface area (Å²) in [7, 11) is 0. The van der Waals surface area contributed by atoms with Crippen molar-refractivity contribution < 1.29 is 43.5 Å². The first-order valence-corrected chi connectivity index (χ1v) is 20.4. The molecule has 2 heterocycles. The van der Waals surface area contributed by atoms with Crippen LogP contribution >= 0.6 is 0 Å². The van der Waals surface area contributed by atoms with E-state index in [-0.39, 0.29) is 43.4 Å². The number of hydrogen-bond acceptors (Lipinski definition) is 9. The Labute approximate surface area is 341 Å². The number of fused-ring (bicyclic) bond motifs is 1. The van der Waals surface area contributed by atoms with Crippen molar-refractivity contribution in [3.8, 4) is 5.75 Å². The number of rotatable bonds is 8. The minimum Gasteiger partial charge on any atom is -0.508 e. The molecule has 2 aliphatic heterocycles. The average molecular weight is 813 g/mol. The summed E-state index contributed by atoms with van der Waals surface area (Å²) in [5, 5.41) is 28.7. The van der Waals surface area contributed by atoms with Crippen LogP contribution in [0, 0.1) is 23.7 Å². The lowest BCUT2D eigenvalue weighted by atomic mass is 9.98. The number of nitrogens with one attached hydrogen (secondary N) is 7. The Morgan fingerprint density at radius 2 is 1.14 bits per heavy atom. The number of hydrogen-bond donors (Lipinski definition) is 8. The van der Waals surface area contributed by atoms with E-state index in [1.807, 2.05) is 27.7 Å². The summed E-state index contributed by atoms with van der Waals surface area (Å²) in [4.78, 5) is 111. The van der Waals surface area contributed by atoms with Gasteiger partial charge in [0.1, 0.15) is 48.0 Å². The molecular weight excluding hydrogens is 748 g/mol. The number of amides is 8. The van der Waals surface area contributed by atoms with Crippen molar-refractivity contribution >= 4 is 47.3 Å². The third-order valence-electron chi connectivity index (χ3n) is 10.2. The molecule has 0 aliphatic carbocycles. The van der Waals surface area contributed by atoms with Crippen molar-refractivity contribution in [2.45, 2.75) is 137 Å². The number of carbonyl (C=O) groups is 8. The largest absolute Gasteiger partial charge is 0.508 e. The van der Waals surface area contributed by atoms with Crippen molar-refractivity contribution in [1.29, 1.82) is 0 Å². The van der Waals surface area contributed by atoms with Gasteiger partial charge < -0.3 is 47.2 Å². The van der Waals surface area contributed by atoms with Crippen LogP contribution in [-0.2, 0) is 44.8 Å². The maximum atomic E-state index is 14.0. The molecule has 0 saturated carbocycles. The Bertz CT molecular complexity index is 1650. The molecule has 1 aromatic rings. The lowest BCUT2D eigenvalue weighted by Gasteiger charge is -2.32. The van der Waals surface area contributed by atoms with Crippen molar-refractivity contribution in [2.75, 3.05) is 13.1 Å². The molecule has 1 aromatic carbocycles. The first-order valence-electron chi connectivity index (χ1n) is 20.4. The second kappa shape index (κ2) is 21.5. The molecule has 0 radical (unpaired) electrons. The highest BCUT2D eigenvalue weighted by Crippen LogP contribution is 2.21. The van der Waals surface area contributed by atoms with Crippen molar-refractivity contribution in [3.05, 3.63) is 29.8 Å². The predicted octanol–water partition coefficient (Wildman–Crippen LogP) is 0.388. The van der Waals surface area contributed by atoms with E-state index in [1.165, 1.54) is 24.0 Å². The van der Waals surface area contributed by atoms with E-state index >= 15 is 0 Å². The van der Waals surface area contributed by atoms with Crippen molar-refractivity contribution in [1.82, 2.24) is 42.1 Å². The van der Waals surface area contributed by atoms with Gasteiger partial charge in [0.25, 0.3) is 0 Å². The molecule has 8 amide bonds. The zero-order valence-corrected chi connectivity index (χ0v) is 35.3. The number of benzene rings is 1. The highest BCUT2D eigenvalue weighted by Gasteiger charge is 2.40. The summed E-state index contributed by atoms with van der Waals surface area (Å²) in [5.74, 6) is -6.08. The molecular formula is C41H64N8O9. The molecule has 7 atom stereocenters. The van der Waals surface area contributed by atoms with Crippen LogP contribution in [0.5, 0.6) is 5.75 Å². The lowest BCUT2D eigenvalue weighted by Crippen LogP contribution is -2.61. The molecule has 0 aromatic heterocycles. The van der Waals surface area contributed by atoms with Crippen molar-refractivity contribution in [3.63, 3.8) is 0 Å². The fourth-order valence-electron chi connectivity index (χ4n) is 6.99. The van der Waals surface area contributed by atoms with Crippen LogP contribution in [0.2, 0.25) is 0 Å². The van der Waals surface area contributed by atoms with Gasteiger partial charge in [0, 0.05) is 13.0 Å². The van der Waals surface area contributed by atoms with Gasteiger partial charge in [0.2, 0.25) is 47.3 Å². The summed E-state index contributed by atoms with van der Waals surface area (Å²) in [6, 6.07) is -1.67. The van der Waals surface area contributed by atoms with Crippen LogP contribution < -0.4 is 37.2 Å². The molecule has 17 heteroatoms. The molecule has 2 aliphatic rings. The highest BCUT2D eigenvalue weighted by molar-refractivity contribution is 5.98. The molecule has 2 fully saturated rings. The lowest BCUT2D eigenvalue weighted by molar-refractivity contribution is -0.143. The molecule has 2 saturated heterocycles.